The maximum atomic E-state index is 13.3. The van der Waals surface area contributed by atoms with Gasteiger partial charge in [-0.2, -0.15) is 0 Å². The van der Waals surface area contributed by atoms with Gasteiger partial charge >= 0.3 is 6.09 Å². The van der Waals surface area contributed by atoms with Crippen LogP contribution in [0.2, 0.25) is 0 Å². The number of fused-ring (bicyclic) bond motifs is 1. The highest BCUT2D eigenvalue weighted by atomic mass is 79.9. The van der Waals surface area contributed by atoms with Gasteiger partial charge in [-0.1, -0.05) is 36.7 Å². The third-order valence-electron chi connectivity index (χ3n) is 5.12. The lowest BCUT2D eigenvalue weighted by atomic mass is 9.65. The number of carbonyl (C=O) groups is 3. The van der Waals surface area contributed by atoms with Crippen molar-refractivity contribution in [2.75, 3.05) is 11.9 Å². The molecule has 144 valence electrons. The third-order valence-corrected chi connectivity index (χ3v) is 5.61. The zero-order valence-electron chi connectivity index (χ0n) is 15.1. The number of nitrogens with two attached hydrogens (primary N) is 1. The van der Waals surface area contributed by atoms with Crippen molar-refractivity contribution >= 4 is 50.5 Å². The Balaban J connectivity index is 2.10. The minimum Gasteiger partial charge on any atom is -0.465 e. The van der Waals surface area contributed by atoms with E-state index in [1.165, 1.54) is 0 Å². The van der Waals surface area contributed by atoms with Gasteiger partial charge in [-0.05, 0) is 30.0 Å². The predicted octanol–water partition coefficient (Wildman–Crippen LogP) is 3.40. The number of anilines is 1. The van der Waals surface area contributed by atoms with Crippen LogP contribution in [-0.4, -0.2) is 40.0 Å². The number of nitrogens with zero attached hydrogens (tertiary/aromatic N) is 1. The molecule has 8 nitrogen and oxygen atoms in total. The Hall–Kier alpha value is -2.55. The van der Waals surface area contributed by atoms with Gasteiger partial charge in [0.1, 0.15) is 16.8 Å². The summed E-state index contributed by atoms with van der Waals surface area (Å²) in [5.74, 6) is -1.53. The fraction of sp³-hybridized carbons (Fsp3) is 0.389. The Bertz CT molecular complexity index is 962. The van der Waals surface area contributed by atoms with Crippen molar-refractivity contribution in [3.8, 4) is 0 Å². The molecule has 1 unspecified atom stereocenters. The van der Waals surface area contributed by atoms with E-state index in [0.717, 1.165) is 9.37 Å². The Morgan fingerprint density at radius 3 is 2.48 bits per heavy atom. The zero-order chi connectivity index (χ0) is 20.1. The minimum atomic E-state index is -1.26. The molecule has 1 aromatic heterocycles. The fourth-order valence-electron chi connectivity index (χ4n) is 3.65. The smallest absolute Gasteiger partial charge is 0.408 e. The quantitative estimate of drug-likeness (QED) is 0.677. The van der Waals surface area contributed by atoms with E-state index in [1.54, 1.807) is 39.0 Å². The molecular formula is C18H20BrN3O5. The molecule has 1 saturated heterocycles. The van der Waals surface area contributed by atoms with Crippen LogP contribution in [0.3, 0.4) is 0 Å². The van der Waals surface area contributed by atoms with Gasteiger partial charge in [0.15, 0.2) is 0 Å². The van der Waals surface area contributed by atoms with Crippen LogP contribution in [0.1, 0.15) is 37.7 Å². The number of hydrogen-bond donors (Lipinski definition) is 3. The lowest BCUT2D eigenvalue weighted by Gasteiger charge is -2.56. The van der Waals surface area contributed by atoms with E-state index < -0.39 is 28.9 Å². The van der Waals surface area contributed by atoms with E-state index >= 15 is 0 Å². The first-order chi connectivity index (χ1) is 12.5. The van der Waals surface area contributed by atoms with Gasteiger partial charge in [0.25, 0.3) is 11.8 Å². The van der Waals surface area contributed by atoms with Crippen molar-refractivity contribution in [1.82, 2.24) is 4.90 Å². The number of primary amides is 1. The van der Waals surface area contributed by atoms with Crippen LogP contribution in [-0.2, 0) is 4.79 Å². The molecule has 1 fully saturated rings. The van der Waals surface area contributed by atoms with Gasteiger partial charge in [0, 0.05) is 16.4 Å². The molecule has 1 aromatic carbocycles. The maximum absolute atomic E-state index is 13.3. The number of rotatable bonds is 3. The number of furan rings is 1. The average molecular weight is 438 g/mol. The van der Waals surface area contributed by atoms with Crippen LogP contribution in [0.15, 0.2) is 27.1 Å². The van der Waals surface area contributed by atoms with E-state index in [2.05, 4.69) is 21.2 Å². The van der Waals surface area contributed by atoms with E-state index in [-0.39, 0.29) is 18.0 Å². The van der Waals surface area contributed by atoms with Crippen molar-refractivity contribution in [3.63, 3.8) is 0 Å². The largest absolute Gasteiger partial charge is 0.465 e. The minimum absolute atomic E-state index is 0.143. The molecule has 3 amide bonds. The van der Waals surface area contributed by atoms with Crippen molar-refractivity contribution in [2.45, 2.75) is 32.7 Å². The Morgan fingerprint density at radius 2 is 2.00 bits per heavy atom. The summed E-state index contributed by atoms with van der Waals surface area (Å²) >= 11 is 3.35. The van der Waals surface area contributed by atoms with Crippen LogP contribution in [0.25, 0.3) is 11.0 Å². The number of carboxylic acid groups (broad SMARTS) is 1. The maximum Gasteiger partial charge on any atom is 0.408 e. The number of amides is 3. The summed E-state index contributed by atoms with van der Waals surface area (Å²) in [4.78, 5) is 37.8. The fourth-order valence-corrected chi connectivity index (χ4v) is 4.01. The molecule has 0 bridgehead atoms. The number of benzene rings is 1. The van der Waals surface area contributed by atoms with Gasteiger partial charge in [0.05, 0.1) is 0 Å². The van der Waals surface area contributed by atoms with Gasteiger partial charge in [-0.3, -0.25) is 14.5 Å². The standard InChI is InChI=1S/C18H20BrN3O5/c1-17(2,3)18(6-7-22(18)16(25)26)15(24)21-12-10-8-9(19)4-5-11(10)27-13(12)14(20)23/h4-5,8H,6-7H2,1-3H3,(H2,20,23)(H,21,24)(H,25,26). The van der Waals surface area contributed by atoms with Gasteiger partial charge in [0.2, 0.25) is 5.76 Å². The van der Waals surface area contributed by atoms with Crippen molar-refractivity contribution in [1.29, 1.82) is 0 Å². The molecule has 1 atom stereocenters. The van der Waals surface area contributed by atoms with Gasteiger partial charge in [-0.25, -0.2) is 4.79 Å². The number of halogens is 1. The first-order valence-electron chi connectivity index (χ1n) is 8.33. The van der Waals surface area contributed by atoms with Gasteiger partial charge in [-0.15, -0.1) is 0 Å². The van der Waals surface area contributed by atoms with Crippen LogP contribution in [0, 0.1) is 5.41 Å². The lowest BCUT2D eigenvalue weighted by Crippen LogP contribution is -2.73. The highest BCUT2D eigenvalue weighted by molar-refractivity contribution is 9.10. The van der Waals surface area contributed by atoms with E-state index in [0.29, 0.717) is 17.4 Å². The van der Waals surface area contributed by atoms with E-state index in [4.69, 9.17) is 10.2 Å². The number of nitrogens with one attached hydrogen (secondary N) is 1. The van der Waals surface area contributed by atoms with Crippen LogP contribution in [0.4, 0.5) is 10.5 Å². The molecule has 0 saturated carbocycles. The predicted molar refractivity (Wildman–Crippen MR) is 103 cm³/mol. The first-order valence-corrected chi connectivity index (χ1v) is 9.12. The second kappa shape index (κ2) is 6.26. The summed E-state index contributed by atoms with van der Waals surface area (Å²) in [7, 11) is 0. The van der Waals surface area contributed by atoms with Gasteiger partial charge < -0.3 is 20.6 Å². The summed E-state index contributed by atoms with van der Waals surface area (Å²) in [5, 5.41) is 12.7. The molecule has 4 N–H and O–H groups in total. The molecule has 3 rings (SSSR count). The van der Waals surface area contributed by atoms with Crippen LogP contribution < -0.4 is 11.1 Å². The summed E-state index contributed by atoms with van der Waals surface area (Å²) in [6.07, 6.45) is -0.790. The molecule has 27 heavy (non-hydrogen) atoms. The SMILES string of the molecule is CC(C)(C)C1(C(=O)Nc2c(C(N)=O)oc3ccc(Br)cc23)CCN1C(=O)O. The zero-order valence-corrected chi connectivity index (χ0v) is 16.7. The van der Waals surface area contributed by atoms with Crippen LogP contribution >= 0.6 is 15.9 Å². The highest BCUT2D eigenvalue weighted by Crippen LogP contribution is 2.46. The molecule has 0 spiro atoms. The average Bonchev–Trinajstić information content (AvgIpc) is 2.82. The van der Waals surface area contributed by atoms with Crippen molar-refractivity contribution < 1.29 is 23.9 Å². The van der Waals surface area contributed by atoms with Crippen molar-refractivity contribution in [2.24, 2.45) is 11.1 Å². The number of carbonyl (C=O) groups excluding carboxylic acids is 2. The second-order valence-electron chi connectivity index (χ2n) is 7.56. The summed E-state index contributed by atoms with van der Waals surface area (Å²) in [6, 6.07) is 5.07. The second-order valence-corrected chi connectivity index (χ2v) is 8.48. The molecule has 0 radical (unpaired) electrons. The van der Waals surface area contributed by atoms with Crippen LogP contribution in [0.5, 0.6) is 0 Å². The molecule has 9 heteroatoms. The first kappa shape index (κ1) is 19.2. The molecule has 1 aliphatic rings. The number of likely N-dealkylation sites (tertiary alicyclic amines) is 1. The summed E-state index contributed by atoms with van der Waals surface area (Å²) in [6.45, 7) is 5.68. The Kier molecular flexibility index (Phi) is 4.46. The molecule has 0 aliphatic carbocycles. The van der Waals surface area contributed by atoms with E-state index in [1.807, 2.05) is 0 Å². The Labute approximate surface area is 163 Å². The lowest BCUT2D eigenvalue weighted by molar-refractivity contribution is -0.146. The molecule has 2 aromatic rings. The monoisotopic (exact) mass is 437 g/mol. The molecular weight excluding hydrogens is 418 g/mol. The summed E-state index contributed by atoms with van der Waals surface area (Å²) in [5.41, 5.74) is 4.01. The summed E-state index contributed by atoms with van der Waals surface area (Å²) < 4.78 is 6.23. The van der Waals surface area contributed by atoms with E-state index in [9.17, 15) is 19.5 Å². The topological polar surface area (TPSA) is 126 Å². The third kappa shape index (κ3) is 2.86. The normalized spacial score (nSPS) is 19.6. The van der Waals surface area contributed by atoms with Crippen molar-refractivity contribution in [3.05, 3.63) is 28.4 Å². The Morgan fingerprint density at radius 1 is 1.33 bits per heavy atom. The molecule has 2 heterocycles. The molecule has 1 aliphatic heterocycles. The highest BCUT2D eigenvalue weighted by Gasteiger charge is 2.60. The number of hydrogen-bond acceptors (Lipinski definition) is 4.